The number of imidazole rings is 1. The molecule has 166 valence electrons. The highest BCUT2D eigenvalue weighted by Crippen LogP contribution is 2.23. The molecule has 1 saturated heterocycles. The molecule has 0 spiro atoms. The van der Waals surface area contributed by atoms with Crippen LogP contribution in [0.5, 0.6) is 5.75 Å². The average molecular weight is 435 g/mol. The molecular weight excluding hydrogens is 410 g/mol. The molecular formula is C23H25N5O4. The summed E-state index contributed by atoms with van der Waals surface area (Å²) in [6.07, 6.45) is 5.71. The van der Waals surface area contributed by atoms with Gasteiger partial charge in [0.15, 0.2) is 6.10 Å². The summed E-state index contributed by atoms with van der Waals surface area (Å²) in [5.41, 5.74) is 3.29. The van der Waals surface area contributed by atoms with E-state index in [0.717, 1.165) is 49.1 Å². The van der Waals surface area contributed by atoms with Crippen LogP contribution in [-0.2, 0) is 9.57 Å². The highest BCUT2D eigenvalue weighted by atomic mass is 16.7. The maximum atomic E-state index is 12.4. The molecule has 2 aliphatic rings. The van der Waals surface area contributed by atoms with Gasteiger partial charge < -0.3 is 28.9 Å². The Morgan fingerprint density at radius 2 is 2.12 bits per heavy atom. The second-order valence-corrected chi connectivity index (χ2v) is 7.79. The normalized spacial score (nSPS) is 18.3. The second kappa shape index (κ2) is 9.27. The van der Waals surface area contributed by atoms with Crippen LogP contribution in [0.1, 0.15) is 16.8 Å². The number of oxime groups is 1. The van der Waals surface area contributed by atoms with E-state index in [2.05, 4.69) is 26.4 Å². The maximum Gasteiger partial charge on any atom is 0.253 e. The first-order valence-electron chi connectivity index (χ1n) is 10.7. The van der Waals surface area contributed by atoms with Gasteiger partial charge in [0.25, 0.3) is 5.91 Å². The smallest absolute Gasteiger partial charge is 0.253 e. The van der Waals surface area contributed by atoms with Gasteiger partial charge in [0.05, 0.1) is 31.0 Å². The second-order valence-electron chi connectivity index (χ2n) is 7.79. The summed E-state index contributed by atoms with van der Waals surface area (Å²) >= 11 is 0. The van der Waals surface area contributed by atoms with Crippen molar-refractivity contribution in [1.29, 1.82) is 0 Å². The van der Waals surface area contributed by atoms with Gasteiger partial charge in [-0.1, -0.05) is 11.2 Å². The number of pyridine rings is 1. The van der Waals surface area contributed by atoms with Crippen LogP contribution in [0.25, 0.3) is 5.65 Å². The lowest BCUT2D eigenvalue weighted by atomic mass is 10.2. The fourth-order valence-corrected chi connectivity index (χ4v) is 3.80. The molecule has 0 saturated carbocycles. The van der Waals surface area contributed by atoms with E-state index in [1.54, 1.807) is 18.5 Å². The van der Waals surface area contributed by atoms with Gasteiger partial charge >= 0.3 is 0 Å². The predicted octanol–water partition coefficient (Wildman–Crippen LogP) is 2.12. The summed E-state index contributed by atoms with van der Waals surface area (Å²) < 4.78 is 13.2. The predicted molar refractivity (Wildman–Crippen MR) is 119 cm³/mol. The van der Waals surface area contributed by atoms with Crippen LogP contribution in [0.15, 0.2) is 60.1 Å². The van der Waals surface area contributed by atoms with Crippen molar-refractivity contribution in [2.75, 3.05) is 44.4 Å². The number of ether oxygens (including phenoxy) is 2. The molecule has 1 fully saturated rings. The van der Waals surface area contributed by atoms with Gasteiger partial charge in [0.1, 0.15) is 18.0 Å². The molecule has 1 amide bonds. The third kappa shape index (κ3) is 4.67. The highest BCUT2D eigenvalue weighted by molar-refractivity contribution is 5.98. The number of fused-ring (bicyclic) bond motifs is 1. The number of morpholine rings is 1. The maximum absolute atomic E-state index is 12.4. The van der Waals surface area contributed by atoms with E-state index in [1.807, 2.05) is 34.9 Å². The molecule has 1 N–H and O–H groups in total. The lowest BCUT2D eigenvalue weighted by Crippen LogP contribution is -2.36. The van der Waals surface area contributed by atoms with E-state index in [0.29, 0.717) is 25.1 Å². The molecule has 4 heterocycles. The number of benzene rings is 1. The molecule has 0 bridgehead atoms. The Bertz CT molecular complexity index is 1120. The van der Waals surface area contributed by atoms with Crippen LogP contribution in [0.3, 0.4) is 0 Å². The molecule has 2 aromatic heterocycles. The van der Waals surface area contributed by atoms with Gasteiger partial charge in [-0.15, -0.1) is 0 Å². The van der Waals surface area contributed by atoms with Crippen molar-refractivity contribution in [2.24, 2.45) is 5.16 Å². The number of nitrogens with one attached hydrogen (secondary N) is 1. The van der Waals surface area contributed by atoms with E-state index in [1.165, 1.54) is 0 Å². The van der Waals surface area contributed by atoms with E-state index in [4.69, 9.17) is 14.3 Å². The minimum Gasteiger partial charge on any atom is -0.490 e. The Morgan fingerprint density at radius 3 is 3.03 bits per heavy atom. The van der Waals surface area contributed by atoms with Crippen LogP contribution in [-0.4, -0.2) is 66.6 Å². The first-order chi connectivity index (χ1) is 15.7. The molecule has 1 atom stereocenters. The van der Waals surface area contributed by atoms with Gasteiger partial charge in [0, 0.05) is 49.9 Å². The van der Waals surface area contributed by atoms with Crippen LogP contribution >= 0.6 is 0 Å². The Balaban J connectivity index is 1.08. The summed E-state index contributed by atoms with van der Waals surface area (Å²) in [6.45, 7) is 3.99. The van der Waals surface area contributed by atoms with Gasteiger partial charge in [-0.05, 0) is 24.3 Å². The van der Waals surface area contributed by atoms with Crippen molar-refractivity contribution in [3.8, 4) is 5.75 Å². The fourth-order valence-electron chi connectivity index (χ4n) is 3.80. The van der Waals surface area contributed by atoms with Crippen molar-refractivity contribution < 1.29 is 19.1 Å². The highest BCUT2D eigenvalue weighted by Gasteiger charge is 2.22. The summed E-state index contributed by atoms with van der Waals surface area (Å²) in [4.78, 5) is 24.4. The Kier molecular flexibility index (Phi) is 5.89. The zero-order valence-electron chi connectivity index (χ0n) is 17.6. The van der Waals surface area contributed by atoms with Crippen LogP contribution in [0.2, 0.25) is 0 Å². The Hall–Kier alpha value is -3.59. The van der Waals surface area contributed by atoms with Crippen molar-refractivity contribution >= 4 is 23.0 Å². The topological polar surface area (TPSA) is 89.7 Å². The van der Waals surface area contributed by atoms with Crippen LogP contribution in [0.4, 0.5) is 5.69 Å². The van der Waals surface area contributed by atoms with Gasteiger partial charge in [0.2, 0.25) is 0 Å². The van der Waals surface area contributed by atoms with Crippen molar-refractivity contribution in [3.05, 3.63) is 60.6 Å². The first kappa shape index (κ1) is 20.3. The molecule has 0 radical (unpaired) electrons. The number of anilines is 1. The zero-order valence-corrected chi connectivity index (χ0v) is 17.6. The number of hydrogen-bond donors (Lipinski definition) is 1. The minimum absolute atomic E-state index is 0.164. The molecule has 32 heavy (non-hydrogen) atoms. The summed E-state index contributed by atoms with van der Waals surface area (Å²) in [6, 6.07) is 11.6. The number of amides is 1. The average Bonchev–Trinajstić information content (AvgIpc) is 3.51. The number of nitrogens with zero attached hydrogens (tertiary/aromatic N) is 4. The van der Waals surface area contributed by atoms with Gasteiger partial charge in [-0.3, -0.25) is 4.79 Å². The number of rotatable bonds is 7. The lowest BCUT2D eigenvalue weighted by molar-refractivity contribution is 0.0471. The van der Waals surface area contributed by atoms with Crippen LogP contribution < -0.4 is 15.0 Å². The molecule has 2 aliphatic heterocycles. The number of aromatic nitrogens is 2. The lowest BCUT2D eigenvalue weighted by Gasteiger charge is -2.29. The quantitative estimate of drug-likeness (QED) is 0.612. The third-order valence-electron chi connectivity index (χ3n) is 5.53. The number of carbonyl (C=O) groups excluding carboxylic acids is 1. The van der Waals surface area contributed by atoms with E-state index >= 15 is 0 Å². The molecule has 1 unspecified atom stereocenters. The Labute approximate surface area is 185 Å². The summed E-state index contributed by atoms with van der Waals surface area (Å²) in [5, 5.41) is 7.01. The third-order valence-corrected chi connectivity index (χ3v) is 5.53. The largest absolute Gasteiger partial charge is 0.490 e. The molecule has 3 aromatic rings. The Morgan fingerprint density at radius 1 is 1.22 bits per heavy atom. The SMILES string of the molecule is O=C(NCC1=NOC(COc2cccc(N3CCOCC3)c2)C1)c1ccc2nccn2c1. The molecule has 9 nitrogen and oxygen atoms in total. The van der Waals surface area contributed by atoms with Gasteiger partial charge in [-0.2, -0.15) is 0 Å². The standard InChI is InChI=1S/C23H25N5O4/c29-23(17-4-5-22-24-6-7-28(22)15-17)25-14-18-12-21(32-26-18)16-31-20-3-1-2-19(13-20)27-8-10-30-11-9-27/h1-7,13,15,21H,8-12,14,16H2,(H,25,29). The monoisotopic (exact) mass is 435 g/mol. The zero-order chi connectivity index (χ0) is 21.8. The fraction of sp³-hybridized carbons (Fsp3) is 0.348. The number of carbonyl (C=O) groups is 1. The first-order valence-corrected chi connectivity index (χ1v) is 10.7. The molecule has 1 aromatic carbocycles. The van der Waals surface area contributed by atoms with Gasteiger partial charge in [-0.25, -0.2) is 4.98 Å². The van der Waals surface area contributed by atoms with E-state index in [9.17, 15) is 4.79 Å². The molecule has 9 heteroatoms. The van der Waals surface area contributed by atoms with Crippen LogP contribution in [0, 0.1) is 0 Å². The van der Waals surface area contributed by atoms with Crippen molar-refractivity contribution in [3.63, 3.8) is 0 Å². The van der Waals surface area contributed by atoms with E-state index in [-0.39, 0.29) is 12.0 Å². The minimum atomic E-state index is -0.170. The summed E-state index contributed by atoms with van der Waals surface area (Å²) in [7, 11) is 0. The molecule has 5 rings (SSSR count). The van der Waals surface area contributed by atoms with Crippen molar-refractivity contribution in [2.45, 2.75) is 12.5 Å². The number of hydrogen-bond acceptors (Lipinski definition) is 7. The van der Waals surface area contributed by atoms with Crippen molar-refractivity contribution in [1.82, 2.24) is 14.7 Å². The molecule has 0 aliphatic carbocycles. The summed E-state index contributed by atoms with van der Waals surface area (Å²) in [5.74, 6) is 0.636. The van der Waals surface area contributed by atoms with E-state index < -0.39 is 0 Å².